The van der Waals surface area contributed by atoms with Gasteiger partial charge in [-0.3, -0.25) is 9.89 Å². The van der Waals surface area contributed by atoms with Gasteiger partial charge >= 0.3 is 0 Å². The monoisotopic (exact) mass is 352 g/mol. The van der Waals surface area contributed by atoms with Gasteiger partial charge < -0.3 is 4.90 Å². The Bertz CT molecular complexity index is 898. The van der Waals surface area contributed by atoms with Gasteiger partial charge in [0.15, 0.2) is 0 Å². The first-order valence-electron chi connectivity index (χ1n) is 9.25. The second-order valence-electron chi connectivity index (χ2n) is 7.13. The largest absolute Gasteiger partial charge is 0.342 e. The molecule has 7 heteroatoms. The van der Waals surface area contributed by atoms with Crippen molar-refractivity contribution >= 4 is 16.9 Å². The molecule has 4 rings (SSSR count). The quantitative estimate of drug-likeness (QED) is 0.764. The number of piperidine rings is 1. The summed E-state index contributed by atoms with van der Waals surface area (Å²) in [6, 6.07) is 7.84. The highest BCUT2D eigenvalue weighted by Crippen LogP contribution is 2.22. The lowest BCUT2D eigenvalue weighted by molar-refractivity contribution is -0.133. The number of fused-ring (bicyclic) bond motifs is 1. The fourth-order valence-corrected chi connectivity index (χ4v) is 3.77. The lowest BCUT2D eigenvalue weighted by Crippen LogP contribution is -2.40. The molecule has 136 valence electrons. The van der Waals surface area contributed by atoms with Gasteiger partial charge in [0.05, 0.1) is 18.3 Å². The third-order valence-electron chi connectivity index (χ3n) is 5.26. The minimum atomic E-state index is 0.204. The number of rotatable bonds is 5. The molecule has 1 aliphatic rings. The Kier molecular flexibility index (Phi) is 4.69. The fraction of sp³-hybridized carbons (Fsp3) is 0.474. The summed E-state index contributed by atoms with van der Waals surface area (Å²) in [6.45, 7) is 4.33. The second-order valence-corrected chi connectivity index (χ2v) is 7.13. The smallest absolute Gasteiger partial charge is 0.224 e. The minimum absolute atomic E-state index is 0.204. The van der Waals surface area contributed by atoms with Gasteiger partial charge in [-0.15, -0.1) is 5.10 Å². The molecule has 0 unspecified atom stereocenters. The van der Waals surface area contributed by atoms with Crippen molar-refractivity contribution in [3.8, 4) is 0 Å². The van der Waals surface area contributed by atoms with Gasteiger partial charge in [0.25, 0.3) is 0 Å². The third kappa shape index (κ3) is 3.47. The Labute approximate surface area is 152 Å². The van der Waals surface area contributed by atoms with E-state index < -0.39 is 0 Å². The molecule has 0 saturated carbocycles. The molecule has 0 spiro atoms. The molecule has 3 heterocycles. The van der Waals surface area contributed by atoms with Crippen molar-refractivity contribution in [2.75, 3.05) is 13.1 Å². The highest BCUT2D eigenvalue weighted by molar-refractivity contribution is 5.77. The van der Waals surface area contributed by atoms with Gasteiger partial charge in [0.1, 0.15) is 5.52 Å². The van der Waals surface area contributed by atoms with Crippen LogP contribution in [0.4, 0.5) is 0 Å². The number of nitrogens with one attached hydrogen (secondary N) is 1. The summed E-state index contributed by atoms with van der Waals surface area (Å²) in [5.41, 5.74) is 4.24. The van der Waals surface area contributed by atoms with Gasteiger partial charge in [0.2, 0.25) is 5.91 Å². The lowest BCUT2D eigenvalue weighted by atomic mass is 9.92. The van der Waals surface area contributed by atoms with Crippen LogP contribution in [0.25, 0.3) is 11.0 Å². The zero-order valence-electron chi connectivity index (χ0n) is 15.1. The van der Waals surface area contributed by atoms with Crippen LogP contribution in [0.1, 0.15) is 30.5 Å². The number of aromatic amines is 1. The Hall–Kier alpha value is -2.70. The van der Waals surface area contributed by atoms with Crippen LogP contribution < -0.4 is 0 Å². The van der Waals surface area contributed by atoms with Crippen LogP contribution in [-0.2, 0) is 17.8 Å². The van der Waals surface area contributed by atoms with Crippen molar-refractivity contribution < 1.29 is 4.79 Å². The number of aromatic nitrogens is 5. The average Bonchev–Trinajstić information content (AvgIpc) is 3.26. The summed E-state index contributed by atoms with van der Waals surface area (Å²) >= 11 is 0. The van der Waals surface area contributed by atoms with E-state index in [1.54, 1.807) is 0 Å². The van der Waals surface area contributed by atoms with Crippen LogP contribution in [0.5, 0.6) is 0 Å². The molecule has 2 aromatic heterocycles. The van der Waals surface area contributed by atoms with Crippen LogP contribution in [0.2, 0.25) is 0 Å². The van der Waals surface area contributed by atoms with Crippen molar-refractivity contribution in [2.24, 2.45) is 5.92 Å². The molecule has 0 radical (unpaired) electrons. The van der Waals surface area contributed by atoms with Crippen molar-refractivity contribution in [2.45, 2.75) is 39.2 Å². The molecule has 0 bridgehead atoms. The van der Waals surface area contributed by atoms with Crippen molar-refractivity contribution in [1.82, 2.24) is 30.1 Å². The SMILES string of the molecule is Cc1cn[nH]c1C[C@H]1CCCN(C(=O)CCn2nnc3ccccc32)C1. The number of benzene rings is 1. The number of amides is 1. The Morgan fingerprint density at radius 2 is 2.23 bits per heavy atom. The summed E-state index contributed by atoms with van der Waals surface area (Å²) in [7, 11) is 0. The third-order valence-corrected chi connectivity index (χ3v) is 5.26. The first kappa shape index (κ1) is 16.8. The second kappa shape index (κ2) is 7.27. The van der Waals surface area contributed by atoms with Crippen LogP contribution in [0.15, 0.2) is 30.5 Å². The molecule has 7 nitrogen and oxygen atoms in total. The van der Waals surface area contributed by atoms with Crippen molar-refractivity contribution in [3.05, 3.63) is 41.7 Å². The van der Waals surface area contributed by atoms with E-state index in [1.807, 2.05) is 40.0 Å². The predicted octanol–water partition coefficient (Wildman–Crippen LogP) is 2.33. The van der Waals surface area contributed by atoms with E-state index in [0.29, 0.717) is 18.9 Å². The Morgan fingerprint density at radius 3 is 3.08 bits per heavy atom. The van der Waals surface area contributed by atoms with Gasteiger partial charge in [0, 0.05) is 25.2 Å². The van der Waals surface area contributed by atoms with E-state index >= 15 is 0 Å². The van der Waals surface area contributed by atoms with Crippen molar-refractivity contribution in [3.63, 3.8) is 0 Å². The number of hydrogen-bond donors (Lipinski definition) is 1. The lowest BCUT2D eigenvalue weighted by Gasteiger charge is -2.33. The summed E-state index contributed by atoms with van der Waals surface area (Å²) in [6.07, 6.45) is 5.52. The normalized spacial score (nSPS) is 17.7. The number of carbonyl (C=O) groups excluding carboxylic acids is 1. The van der Waals surface area contributed by atoms with E-state index in [9.17, 15) is 4.79 Å². The highest BCUT2D eigenvalue weighted by atomic mass is 16.2. The maximum atomic E-state index is 12.7. The summed E-state index contributed by atoms with van der Waals surface area (Å²) < 4.78 is 1.82. The minimum Gasteiger partial charge on any atom is -0.342 e. The first-order valence-corrected chi connectivity index (χ1v) is 9.25. The summed E-state index contributed by atoms with van der Waals surface area (Å²) in [4.78, 5) is 14.7. The number of para-hydroxylation sites is 1. The van der Waals surface area contributed by atoms with E-state index in [2.05, 4.69) is 27.4 Å². The summed E-state index contributed by atoms with van der Waals surface area (Å²) in [5, 5.41) is 15.5. The van der Waals surface area contributed by atoms with Gasteiger partial charge in [-0.05, 0) is 49.8 Å². The Morgan fingerprint density at radius 1 is 1.35 bits per heavy atom. The summed E-state index contributed by atoms with van der Waals surface area (Å²) in [5.74, 6) is 0.703. The molecule has 1 saturated heterocycles. The van der Waals surface area contributed by atoms with E-state index in [4.69, 9.17) is 0 Å². The molecule has 3 aromatic rings. The van der Waals surface area contributed by atoms with Gasteiger partial charge in [-0.1, -0.05) is 17.3 Å². The zero-order chi connectivity index (χ0) is 17.9. The number of nitrogens with zero attached hydrogens (tertiary/aromatic N) is 5. The van der Waals surface area contributed by atoms with Crippen LogP contribution in [-0.4, -0.2) is 49.1 Å². The standard InChI is InChI=1S/C19H24N6O/c1-14-12-20-21-17(14)11-15-5-4-9-24(13-15)19(26)8-10-25-18-7-3-2-6-16(18)22-23-25/h2-3,6-7,12,15H,4-5,8-11,13H2,1H3,(H,20,21)/t15-/m1/s1. The number of aryl methyl sites for hydroxylation is 2. The highest BCUT2D eigenvalue weighted by Gasteiger charge is 2.24. The number of H-pyrrole nitrogens is 1. The van der Waals surface area contributed by atoms with E-state index in [-0.39, 0.29) is 5.91 Å². The fourth-order valence-electron chi connectivity index (χ4n) is 3.77. The molecule has 1 amide bonds. The van der Waals surface area contributed by atoms with Crippen LogP contribution in [0.3, 0.4) is 0 Å². The molecule has 1 atom stereocenters. The van der Waals surface area contributed by atoms with E-state index in [0.717, 1.165) is 43.4 Å². The molecule has 1 fully saturated rings. The maximum absolute atomic E-state index is 12.7. The maximum Gasteiger partial charge on any atom is 0.224 e. The number of carbonyl (C=O) groups is 1. The van der Waals surface area contributed by atoms with Gasteiger partial charge in [-0.25, -0.2) is 4.68 Å². The first-order chi connectivity index (χ1) is 12.7. The predicted molar refractivity (Wildman–Crippen MR) is 98.5 cm³/mol. The molecular formula is C19H24N6O. The number of hydrogen-bond acceptors (Lipinski definition) is 4. The average molecular weight is 352 g/mol. The molecule has 0 aliphatic carbocycles. The molecule has 26 heavy (non-hydrogen) atoms. The van der Waals surface area contributed by atoms with Gasteiger partial charge in [-0.2, -0.15) is 5.10 Å². The zero-order valence-corrected chi connectivity index (χ0v) is 15.1. The van der Waals surface area contributed by atoms with Crippen LogP contribution in [0, 0.1) is 12.8 Å². The van der Waals surface area contributed by atoms with E-state index in [1.165, 1.54) is 11.3 Å². The molecule has 1 aliphatic heterocycles. The van der Waals surface area contributed by atoms with Crippen LogP contribution >= 0.6 is 0 Å². The Balaban J connectivity index is 1.34. The molecular weight excluding hydrogens is 328 g/mol. The topological polar surface area (TPSA) is 79.7 Å². The molecule has 1 aromatic carbocycles. The number of likely N-dealkylation sites (tertiary alicyclic amines) is 1. The van der Waals surface area contributed by atoms with Crippen molar-refractivity contribution in [1.29, 1.82) is 0 Å². The molecule has 1 N–H and O–H groups in total.